The number of guanidine groups is 1. The maximum Gasteiger partial charge on any atom is 0.191 e. The van der Waals surface area contributed by atoms with E-state index in [1.54, 1.807) is 0 Å². The number of fused-ring (bicyclic) bond motifs is 2. The Kier molecular flexibility index (Phi) is 7.67. The van der Waals surface area contributed by atoms with E-state index in [9.17, 15) is 0 Å². The molecule has 3 fully saturated rings. The summed E-state index contributed by atoms with van der Waals surface area (Å²) in [5.74, 6) is 1.57. The smallest absolute Gasteiger partial charge is 0.191 e. The lowest BCUT2D eigenvalue weighted by Crippen LogP contribution is -2.47. The van der Waals surface area contributed by atoms with E-state index in [4.69, 9.17) is 9.73 Å². The summed E-state index contributed by atoms with van der Waals surface area (Å²) in [4.78, 5) is 7.36. The fourth-order valence-electron chi connectivity index (χ4n) is 4.37. The van der Waals surface area contributed by atoms with Gasteiger partial charge >= 0.3 is 0 Å². The molecule has 3 saturated heterocycles. The highest BCUT2D eigenvalue weighted by molar-refractivity contribution is 14.0. The molecule has 2 bridgehead atoms. The average Bonchev–Trinajstić information content (AvgIpc) is 3.37. The van der Waals surface area contributed by atoms with Gasteiger partial charge in [0.2, 0.25) is 0 Å². The predicted molar refractivity (Wildman–Crippen MR) is 125 cm³/mol. The molecule has 0 spiro atoms. The normalized spacial score (nSPS) is 29.7. The molecule has 1 aromatic rings. The third-order valence-corrected chi connectivity index (χ3v) is 6.29. The Balaban J connectivity index is 0.00000210. The van der Waals surface area contributed by atoms with Gasteiger partial charge in [0.1, 0.15) is 0 Å². The molecule has 4 rings (SSSR count). The van der Waals surface area contributed by atoms with E-state index in [0.29, 0.717) is 24.2 Å². The molecule has 5 nitrogen and oxygen atoms in total. The molecule has 0 radical (unpaired) electrons. The molecular weight excluding hydrogens is 519 g/mol. The van der Waals surface area contributed by atoms with Crippen LogP contribution in [0.3, 0.4) is 0 Å². The summed E-state index contributed by atoms with van der Waals surface area (Å²) in [6.45, 7) is 6.10. The molecule has 1 aromatic carbocycles. The summed E-state index contributed by atoms with van der Waals surface area (Å²) >= 11 is 3.51. The second kappa shape index (κ2) is 9.78. The lowest BCUT2D eigenvalue weighted by Gasteiger charge is -2.23. The summed E-state index contributed by atoms with van der Waals surface area (Å²) in [6.07, 6.45) is 5.58. The molecule has 27 heavy (non-hydrogen) atoms. The second-order valence-electron chi connectivity index (χ2n) is 7.66. The topological polar surface area (TPSA) is 48.9 Å². The van der Waals surface area contributed by atoms with Crippen molar-refractivity contribution in [1.82, 2.24) is 10.6 Å². The van der Waals surface area contributed by atoms with Crippen molar-refractivity contribution in [3.63, 3.8) is 0 Å². The van der Waals surface area contributed by atoms with Crippen molar-refractivity contribution < 1.29 is 4.74 Å². The minimum atomic E-state index is 0. The molecule has 0 amide bonds. The Morgan fingerprint density at radius 1 is 1.26 bits per heavy atom. The number of rotatable bonds is 5. The van der Waals surface area contributed by atoms with E-state index >= 15 is 0 Å². The van der Waals surface area contributed by atoms with Gasteiger partial charge in [-0.15, -0.1) is 24.0 Å². The van der Waals surface area contributed by atoms with Crippen LogP contribution in [0.1, 0.15) is 32.6 Å². The van der Waals surface area contributed by atoms with Crippen LogP contribution in [0.4, 0.5) is 5.69 Å². The molecule has 4 unspecified atom stereocenters. The predicted octanol–water partition coefficient (Wildman–Crippen LogP) is 3.77. The standard InChI is InChI=1S/C20H29BrN4O.HI/c1-2-22-20(24-18-11-17-7-8-19(18)26-17)23-12-14-9-10-25(13-14)16-5-3-15(21)4-6-16;/h3-6,14,17-19H,2,7-13H2,1H3,(H2,22,23,24);1H. The quantitative estimate of drug-likeness (QED) is 0.334. The maximum atomic E-state index is 5.96. The number of nitrogens with zero attached hydrogens (tertiary/aromatic N) is 2. The zero-order valence-corrected chi connectivity index (χ0v) is 19.8. The Morgan fingerprint density at radius 2 is 2.07 bits per heavy atom. The first kappa shape index (κ1) is 21.2. The molecule has 0 aromatic heterocycles. The van der Waals surface area contributed by atoms with Crippen molar-refractivity contribution in [3.05, 3.63) is 28.7 Å². The molecule has 4 atom stereocenters. The van der Waals surface area contributed by atoms with Gasteiger partial charge in [-0.3, -0.25) is 4.99 Å². The van der Waals surface area contributed by atoms with Crippen LogP contribution < -0.4 is 15.5 Å². The van der Waals surface area contributed by atoms with E-state index in [-0.39, 0.29) is 24.0 Å². The second-order valence-corrected chi connectivity index (χ2v) is 8.57. The van der Waals surface area contributed by atoms with Crippen molar-refractivity contribution in [2.24, 2.45) is 10.9 Å². The largest absolute Gasteiger partial charge is 0.373 e. The number of benzene rings is 1. The number of aliphatic imine (C=N–C) groups is 1. The Morgan fingerprint density at radius 3 is 2.74 bits per heavy atom. The average molecular weight is 549 g/mol. The van der Waals surface area contributed by atoms with E-state index in [1.807, 2.05) is 0 Å². The molecule has 150 valence electrons. The van der Waals surface area contributed by atoms with Crippen molar-refractivity contribution in [2.45, 2.75) is 50.9 Å². The molecule has 3 heterocycles. The SMILES string of the molecule is CCNC(=NCC1CCN(c2ccc(Br)cc2)C1)NC1CC2CCC1O2.I. The maximum absolute atomic E-state index is 5.96. The van der Waals surface area contributed by atoms with Gasteiger partial charge < -0.3 is 20.3 Å². The van der Waals surface area contributed by atoms with Crippen LogP contribution in [0.25, 0.3) is 0 Å². The Hall–Kier alpha value is -0.540. The van der Waals surface area contributed by atoms with Crippen LogP contribution in [-0.4, -0.2) is 50.4 Å². The fourth-order valence-corrected chi connectivity index (χ4v) is 4.64. The van der Waals surface area contributed by atoms with E-state index in [2.05, 4.69) is 62.7 Å². The van der Waals surface area contributed by atoms with Crippen LogP contribution in [-0.2, 0) is 4.74 Å². The minimum absolute atomic E-state index is 0. The summed E-state index contributed by atoms with van der Waals surface area (Å²) in [5, 5.41) is 7.02. The molecule has 0 saturated carbocycles. The highest BCUT2D eigenvalue weighted by Crippen LogP contribution is 2.34. The number of nitrogens with one attached hydrogen (secondary N) is 2. The summed E-state index contributed by atoms with van der Waals surface area (Å²) in [6, 6.07) is 9.04. The lowest BCUT2D eigenvalue weighted by atomic mass is 9.96. The van der Waals surface area contributed by atoms with Crippen molar-refractivity contribution in [2.75, 3.05) is 31.1 Å². The molecule has 2 N–H and O–H groups in total. The van der Waals surface area contributed by atoms with Gasteiger partial charge in [0.15, 0.2) is 5.96 Å². The first-order valence-electron chi connectivity index (χ1n) is 9.92. The third kappa shape index (κ3) is 5.29. The summed E-state index contributed by atoms with van der Waals surface area (Å²) in [7, 11) is 0. The number of hydrogen-bond donors (Lipinski definition) is 2. The van der Waals surface area contributed by atoms with Crippen LogP contribution in [0.15, 0.2) is 33.7 Å². The van der Waals surface area contributed by atoms with Gasteiger partial charge in [-0.2, -0.15) is 0 Å². The van der Waals surface area contributed by atoms with Crippen molar-refractivity contribution in [3.8, 4) is 0 Å². The van der Waals surface area contributed by atoms with Gasteiger partial charge in [0.25, 0.3) is 0 Å². The molecular formula is C20H30BrIN4O. The zero-order valence-electron chi connectivity index (χ0n) is 15.9. The molecule has 7 heteroatoms. The van der Waals surface area contributed by atoms with Crippen LogP contribution in [0, 0.1) is 5.92 Å². The van der Waals surface area contributed by atoms with E-state index < -0.39 is 0 Å². The summed E-state index contributed by atoms with van der Waals surface area (Å²) in [5.41, 5.74) is 1.31. The highest BCUT2D eigenvalue weighted by Gasteiger charge is 2.41. The summed E-state index contributed by atoms with van der Waals surface area (Å²) < 4.78 is 7.09. The number of hydrogen-bond acceptors (Lipinski definition) is 3. The third-order valence-electron chi connectivity index (χ3n) is 5.76. The lowest BCUT2D eigenvalue weighted by molar-refractivity contribution is 0.0992. The molecule has 3 aliphatic rings. The number of halogens is 2. The minimum Gasteiger partial charge on any atom is -0.373 e. The van der Waals surface area contributed by atoms with E-state index in [0.717, 1.165) is 43.0 Å². The Labute approximate surface area is 187 Å². The first-order valence-corrected chi connectivity index (χ1v) is 10.7. The monoisotopic (exact) mass is 548 g/mol. The van der Waals surface area contributed by atoms with Crippen LogP contribution in [0.5, 0.6) is 0 Å². The van der Waals surface area contributed by atoms with E-state index in [1.165, 1.54) is 24.9 Å². The molecule has 3 aliphatic heterocycles. The fraction of sp³-hybridized carbons (Fsp3) is 0.650. The van der Waals surface area contributed by atoms with Gasteiger partial charge in [0, 0.05) is 36.3 Å². The van der Waals surface area contributed by atoms with Gasteiger partial charge in [-0.1, -0.05) is 15.9 Å². The highest BCUT2D eigenvalue weighted by atomic mass is 127. The van der Waals surface area contributed by atoms with Gasteiger partial charge in [-0.25, -0.2) is 0 Å². The zero-order chi connectivity index (χ0) is 17.9. The van der Waals surface area contributed by atoms with Crippen molar-refractivity contribution >= 4 is 51.6 Å². The first-order chi connectivity index (χ1) is 12.7. The van der Waals surface area contributed by atoms with Gasteiger partial charge in [-0.05, 0) is 62.8 Å². The molecule has 0 aliphatic carbocycles. The number of ether oxygens (including phenoxy) is 1. The van der Waals surface area contributed by atoms with Crippen molar-refractivity contribution in [1.29, 1.82) is 0 Å². The van der Waals surface area contributed by atoms with Crippen LogP contribution in [0.2, 0.25) is 0 Å². The number of anilines is 1. The Bertz CT molecular complexity index is 641. The van der Waals surface area contributed by atoms with Crippen LogP contribution >= 0.6 is 39.9 Å². The van der Waals surface area contributed by atoms with Gasteiger partial charge in [0.05, 0.1) is 18.2 Å².